The molecule has 3 heterocycles. The van der Waals surface area contributed by atoms with Gasteiger partial charge in [0.15, 0.2) is 5.96 Å². The van der Waals surface area contributed by atoms with Gasteiger partial charge < -0.3 is 20.4 Å². The van der Waals surface area contributed by atoms with Gasteiger partial charge in [-0.15, -0.1) is 24.0 Å². The average molecular weight is 551 g/mol. The second-order valence-electron chi connectivity index (χ2n) is 8.37. The quantitative estimate of drug-likeness (QED) is 0.338. The molecule has 32 heavy (non-hydrogen) atoms. The number of carbonyl (C=O) groups excluding carboxylic acids is 1. The summed E-state index contributed by atoms with van der Waals surface area (Å²) >= 11 is 0. The minimum atomic E-state index is -0.00926. The third-order valence-electron chi connectivity index (χ3n) is 6.00. The van der Waals surface area contributed by atoms with Crippen molar-refractivity contribution in [1.29, 1.82) is 0 Å². The van der Waals surface area contributed by atoms with E-state index in [1.807, 2.05) is 41.0 Å². The Morgan fingerprint density at radius 2 is 2.03 bits per heavy atom. The maximum atomic E-state index is 12.4. The van der Waals surface area contributed by atoms with Gasteiger partial charge >= 0.3 is 6.03 Å². The summed E-state index contributed by atoms with van der Waals surface area (Å²) in [5.74, 6) is 1.43. The summed E-state index contributed by atoms with van der Waals surface area (Å²) in [6.07, 6.45) is 7.37. The molecule has 2 aliphatic rings. The topological polar surface area (TPSA) is 77.8 Å². The predicted octanol–water partition coefficient (Wildman–Crippen LogP) is 3.62. The number of likely N-dealkylation sites (tertiary alicyclic amines) is 2. The molecule has 2 N–H and O–H groups in total. The summed E-state index contributed by atoms with van der Waals surface area (Å²) < 4.78 is 1.87. The fourth-order valence-corrected chi connectivity index (χ4v) is 4.34. The Morgan fingerprint density at radius 3 is 2.75 bits per heavy atom. The van der Waals surface area contributed by atoms with Gasteiger partial charge in [0, 0.05) is 57.6 Å². The number of amides is 2. The van der Waals surface area contributed by atoms with E-state index in [1.165, 1.54) is 5.56 Å². The van der Waals surface area contributed by atoms with E-state index in [0.29, 0.717) is 12.5 Å². The highest BCUT2D eigenvalue weighted by atomic mass is 127. The minimum Gasteiger partial charge on any atom is -0.357 e. The number of anilines is 1. The number of aliphatic imine (C=N–C) groups is 1. The van der Waals surface area contributed by atoms with E-state index in [-0.39, 0.29) is 30.0 Å². The van der Waals surface area contributed by atoms with Crippen LogP contribution in [-0.4, -0.2) is 64.3 Å². The lowest BCUT2D eigenvalue weighted by Gasteiger charge is -2.21. The highest BCUT2D eigenvalue weighted by Crippen LogP contribution is 2.26. The number of aryl methyl sites for hydroxylation is 1. The van der Waals surface area contributed by atoms with E-state index in [9.17, 15) is 4.79 Å². The molecule has 2 amide bonds. The summed E-state index contributed by atoms with van der Waals surface area (Å²) in [6.45, 7) is 7.12. The van der Waals surface area contributed by atoms with Crippen molar-refractivity contribution in [3.8, 4) is 0 Å². The van der Waals surface area contributed by atoms with Crippen LogP contribution in [0.1, 0.15) is 43.2 Å². The standard InChI is InChI=1S/C23H33N7O.HI/c1-3-24-22(30-12-9-19(17-30)20-15-26-28(2)16-20)25-14-18-7-6-8-21(13-18)27-23(31)29-10-4-5-11-29;/h6-8,13,15-16,19H,3-5,9-12,14,17H2,1-2H3,(H,24,25)(H,27,31);1H. The van der Waals surface area contributed by atoms with Crippen molar-refractivity contribution in [1.82, 2.24) is 24.9 Å². The molecule has 174 valence electrons. The lowest BCUT2D eigenvalue weighted by Crippen LogP contribution is -2.40. The number of urea groups is 1. The molecule has 2 saturated heterocycles. The fourth-order valence-electron chi connectivity index (χ4n) is 4.34. The smallest absolute Gasteiger partial charge is 0.321 e. The number of hydrogen-bond donors (Lipinski definition) is 2. The van der Waals surface area contributed by atoms with Gasteiger partial charge in [-0.1, -0.05) is 12.1 Å². The second-order valence-corrected chi connectivity index (χ2v) is 8.37. The van der Waals surface area contributed by atoms with Crippen molar-refractivity contribution < 1.29 is 4.79 Å². The van der Waals surface area contributed by atoms with Gasteiger partial charge in [0.1, 0.15) is 0 Å². The summed E-state index contributed by atoms with van der Waals surface area (Å²) in [6, 6.07) is 7.98. The lowest BCUT2D eigenvalue weighted by atomic mass is 10.0. The Labute approximate surface area is 207 Å². The molecule has 1 aromatic carbocycles. The van der Waals surface area contributed by atoms with Crippen LogP contribution in [0.15, 0.2) is 41.7 Å². The van der Waals surface area contributed by atoms with Crippen LogP contribution in [0.5, 0.6) is 0 Å². The van der Waals surface area contributed by atoms with Crippen molar-refractivity contribution in [2.45, 2.75) is 38.6 Å². The highest BCUT2D eigenvalue weighted by Gasteiger charge is 2.27. The lowest BCUT2D eigenvalue weighted by molar-refractivity contribution is 0.222. The summed E-state index contributed by atoms with van der Waals surface area (Å²) in [7, 11) is 1.96. The number of halogens is 1. The van der Waals surface area contributed by atoms with Gasteiger partial charge in [-0.2, -0.15) is 5.10 Å². The molecule has 0 saturated carbocycles. The van der Waals surface area contributed by atoms with Crippen molar-refractivity contribution in [3.05, 3.63) is 47.8 Å². The molecule has 2 fully saturated rings. The molecule has 1 aromatic heterocycles. The Morgan fingerprint density at radius 1 is 1.22 bits per heavy atom. The zero-order valence-corrected chi connectivity index (χ0v) is 21.3. The molecule has 2 aliphatic heterocycles. The van der Waals surface area contributed by atoms with E-state index in [4.69, 9.17) is 4.99 Å². The zero-order valence-electron chi connectivity index (χ0n) is 19.0. The predicted molar refractivity (Wildman–Crippen MR) is 139 cm³/mol. The SMILES string of the molecule is CCNC(=NCc1cccc(NC(=O)N2CCCC2)c1)N1CCC(c2cnn(C)c2)C1.I. The van der Waals surface area contributed by atoms with Crippen molar-refractivity contribution in [3.63, 3.8) is 0 Å². The number of rotatable bonds is 5. The Hall–Kier alpha value is -2.30. The van der Waals surface area contributed by atoms with Crippen LogP contribution < -0.4 is 10.6 Å². The second kappa shape index (κ2) is 11.5. The number of nitrogens with one attached hydrogen (secondary N) is 2. The van der Waals surface area contributed by atoms with Crippen molar-refractivity contribution >= 4 is 41.7 Å². The van der Waals surface area contributed by atoms with Crippen LogP contribution in [0.2, 0.25) is 0 Å². The van der Waals surface area contributed by atoms with Crippen LogP contribution in [0.3, 0.4) is 0 Å². The number of hydrogen-bond acceptors (Lipinski definition) is 3. The van der Waals surface area contributed by atoms with Gasteiger partial charge in [0.2, 0.25) is 0 Å². The summed E-state index contributed by atoms with van der Waals surface area (Å²) in [4.78, 5) is 21.5. The number of benzene rings is 1. The molecule has 2 aromatic rings. The van der Waals surface area contributed by atoms with Crippen molar-refractivity contribution in [2.24, 2.45) is 12.0 Å². The number of guanidine groups is 1. The molecule has 8 nitrogen and oxygen atoms in total. The van der Waals surface area contributed by atoms with E-state index >= 15 is 0 Å². The van der Waals surface area contributed by atoms with Crippen molar-refractivity contribution in [2.75, 3.05) is 38.0 Å². The average Bonchev–Trinajstić information content (AvgIpc) is 3.52. The zero-order chi connectivity index (χ0) is 21.6. The van der Waals surface area contributed by atoms with Gasteiger partial charge in [-0.05, 0) is 49.4 Å². The summed E-state index contributed by atoms with van der Waals surface area (Å²) in [5.41, 5.74) is 3.20. The molecule has 9 heteroatoms. The molecular weight excluding hydrogens is 517 g/mol. The van der Waals surface area contributed by atoms with Crippen LogP contribution in [-0.2, 0) is 13.6 Å². The third kappa shape index (κ3) is 6.14. The Bertz CT molecular complexity index is 923. The first-order chi connectivity index (χ1) is 15.1. The maximum absolute atomic E-state index is 12.4. The van der Waals surface area contributed by atoms with Gasteiger partial charge in [0.05, 0.1) is 12.7 Å². The molecular formula is C23H34IN7O. The van der Waals surface area contributed by atoms with Crippen LogP contribution in [0.25, 0.3) is 0 Å². The van der Waals surface area contributed by atoms with Gasteiger partial charge in [-0.25, -0.2) is 9.79 Å². The van der Waals surface area contributed by atoms with Gasteiger partial charge in [0.25, 0.3) is 0 Å². The van der Waals surface area contributed by atoms with Crippen LogP contribution in [0, 0.1) is 0 Å². The van der Waals surface area contributed by atoms with E-state index < -0.39 is 0 Å². The first-order valence-corrected chi connectivity index (χ1v) is 11.3. The van der Waals surface area contributed by atoms with Crippen LogP contribution >= 0.6 is 24.0 Å². The van der Waals surface area contributed by atoms with E-state index in [1.54, 1.807) is 0 Å². The van der Waals surface area contributed by atoms with E-state index in [2.05, 4.69) is 39.8 Å². The maximum Gasteiger partial charge on any atom is 0.321 e. The molecule has 1 atom stereocenters. The highest BCUT2D eigenvalue weighted by molar-refractivity contribution is 14.0. The molecule has 4 rings (SSSR count). The fraction of sp³-hybridized carbons (Fsp3) is 0.522. The minimum absolute atomic E-state index is 0. The van der Waals surface area contributed by atoms with Crippen LogP contribution in [0.4, 0.5) is 10.5 Å². The van der Waals surface area contributed by atoms with Gasteiger partial charge in [-0.3, -0.25) is 4.68 Å². The molecule has 0 aliphatic carbocycles. The molecule has 0 radical (unpaired) electrons. The largest absolute Gasteiger partial charge is 0.357 e. The normalized spacial score (nSPS) is 18.6. The van der Waals surface area contributed by atoms with E-state index in [0.717, 1.165) is 69.2 Å². The first-order valence-electron chi connectivity index (χ1n) is 11.3. The first kappa shape index (κ1) is 24.3. The Balaban J connectivity index is 0.00000289. The number of nitrogens with zero attached hydrogens (tertiary/aromatic N) is 5. The summed E-state index contributed by atoms with van der Waals surface area (Å²) in [5, 5.41) is 10.8. The Kier molecular flexibility index (Phi) is 8.77. The number of aromatic nitrogens is 2. The molecule has 1 unspecified atom stereocenters. The number of carbonyl (C=O) groups is 1. The molecule has 0 spiro atoms. The molecule has 0 bridgehead atoms. The third-order valence-corrected chi connectivity index (χ3v) is 6.00. The monoisotopic (exact) mass is 551 g/mol.